The molecule has 0 aromatic carbocycles. The summed E-state index contributed by atoms with van der Waals surface area (Å²) in [7, 11) is 1.80. The Morgan fingerprint density at radius 2 is 2.33 bits per heavy atom. The van der Waals surface area contributed by atoms with E-state index in [1.54, 1.807) is 11.7 Å². The second kappa shape index (κ2) is 5.52. The fraction of sp³-hybridized carbons (Fsp3) is 0.692. The Morgan fingerprint density at radius 1 is 1.61 bits per heavy atom. The van der Waals surface area contributed by atoms with E-state index in [2.05, 4.69) is 5.10 Å². The summed E-state index contributed by atoms with van der Waals surface area (Å²) in [5.41, 5.74) is 1.49. The standard InChI is InChI=1S/C13H21N3O2/c1-10-9-12(15(2)14-10)13(18)16(7-4-8-17)11-5-3-6-11/h9,11,17H,3-8H2,1-2H3. The van der Waals surface area contributed by atoms with Crippen LogP contribution in [-0.4, -0.2) is 44.9 Å². The zero-order chi connectivity index (χ0) is 13.1. The molecule has 0 unspecified atom stereocenters. The van der Waals surface area contributed by atoms with E-state index in [4.69, 9.17) is 5.11 Å². The molecule has 5 nitrogen and oxygen atoms in total. The Kier molecular flexibility index (Phi) is 4.01. The smallest absolute Gasteiger partial charge is 0.272 e. The second-order valence-electron chi connectivity index (χ2n) is 4.96. The first kappa shape index (κ1) is 13.1. The number of nitrogens with zero attached hydrogens (tertiary/aromatic N) is 3. The highest BCUT2D eigenvalue weighted by Gasteiger charge is 2.30. The van der Waals surface area contributed by atoms with Gasteiger partial charge in [0.15, 0.2) is 0 Å². The fourth-order valence-electron chi connectivity index (χ4n) is 2.35. The fourth-order valence-corrected chi connectivity index (χ4v) is 2.35. The molecule has 0 radical (unpaired) electrons. The van der Waals surface area contributed by atoms with Gasteiger partial charge in [-0.25, -0.2) is 0 Å². The molecule has 0 atom stereocenters. The summed E-state index contributed by atoms with van der Waals surface area (Å²) < 4.78 is 1.64. The normalized spacial score (nSPS) is 15.5. The first-order valence-corrected chi connectivity index (χ1v) is 6.56. The van der Waals surface area contributed by atoms with Crippen molar-refractivity contribution in [2.24, 2.45) is 7.05 Å². The van der Waals surface area contributed by atoms with E-state index in [-0.39, 0.29) is 12.5 Å². The molecular formula is C13H21N3O2. The molecule has 5 heteroatoms. The molecule has 1 aromatic heterocycles. The van der Waals surface area contributed by atoms with Crippen LogP contribution in [0.15, 0.2) is 6.07 Å². The number of aliphatic hydroxyl groups excluding tert-OH is 1. The van der Waals surface area contributed by atoms with Gasteiger partial charge in [-0.2, -0.15) is 5.10 Å². The molecule has 1 aliphatic carbocycles. The number of aromatic nitrogens is 2. The van der Waals surface area contributed by atoms with Crippen LogP contribution in [0.3, 0.4) is 0 Å². The van der Waals surface area contributed by atoms with Crippen molar-refractivity contribution in [3.8, 4) is 0 Å². The van der Waals surface area contributed by atoms with Crippen LogP contribution in [0, 0.1) is 6.92 Å². The molecule has 1 aromatic rings. The van der Waals surface area contributed by atoms with Crippen molar-refractivity contribution in [3.63, 3.8) is 0 Å². The third-order valence-corrected chi connectivity index (χ3v) is 3.55. The van der Waals surface area contributed by atoms with E-state index in [1.165, 1.54) is 6.42 Å². The van der Waals surface area contributed by atoms with Gasteiger partial charge in [-0.3, -0.25) is 9.48 Å². The van der Waals surface area contributed by atoms with Crippen molar-refractivity contribution in [2.75, 3.05) is 13.2 Å². The summed E-state index contributed by atoms with van der Waals surface area (Å²) in [6, 6.07) is 2.17. The molecule has 0 aliphatic heterocycles. The quantitative estimate of drug-likeness (QED) is 0.852. The Balaban J connectivity index is 2.13. The van der Waals surface area contributed by atoms with Crippen LogP contribution >= 0.6 is 0 Å². The average molecular weight is 251 g/mol. The van der Waals surface area contributed by atoms with E-state index in [0.717, 1.165) is 18.5 Å². The largest absolute Gasteiger partial charge is 0.396 e. The molecule has 100 valence electrons. The zero-order valence-electron chi connectivity index (χ0n) is 11.1. The lowest BCUT2D eigenvalue weighted by atomic mass is 9.91. The number of carbonyl (C=O) groups excluding carboxylic acids is 1. The number of amides is 1. The van der Waals surface area contributed by atoms with Crippen LogP contribution < -0.4 is 0 Å². The number of rotatable bonds is 5. The van der Waals surface area contributed by atoms with Gasteiger partial charge < -0.3 is 10.0 Å². The highest BCUT2D eigenvalue weighted by atomic mass is 16.3. The van der Waals surface area contributed by atoms with Crippen LogP contribution in [0.25, 0.3) is 0 Å². The third-order valence-electron chi connectivity index (χ3n) is 3.55. The molecule has 1 fully saturated rings. The summed E-state index contributed by atoms with van der Waals surface area (Å²) in [4.78, 5) is 14.4. The summed E-state index contributed by atoms with van der Waals surface area (Å²) >= 11 is 0. The highest BCUT2D eigenvalue weighted by molar-refractivity contribution is 5.93. The SMILES string of the molecule is Cc1cc(C(=O)N(CCCO)C2CCC2)n(C)n1. The lowest BCUT2D eigenvalue weighted by Crippen LogP contribution is -2.45. The minimum atomic E-state index is 0.0382. The summed E-state index contributed by atoms with van der Waals surface area (Å²) in [5.74, 6) is 0.0382. The van der Waals surface area contributed by atoms with Gasteiger partial charge in [0.1, 0.15) is 5.69 Å². The van der Waals surface area contributed by atoms with Gasteiger partial charge in [-0.05, 0) is 38.7 Å². The molecule has 1 aliphatic rings. The first-order valence-electron chi connectivity index (χ1n) is 6.56. The van der Waals surface area contributed by atoms with Gasteiger partial charge >= 0.3 is 0 Å². The van der Waals surface area contributed by atoms with Gasteiger partial charge in [-0.1, -0.05) is 0 Å². The molecule has 1 saturated carbocycles. The zero-order valence-corrected chi connectivity index (χ0v) is 11.1. The van der Waals surface area contributed by atoms with Gasteiger partial charge in [0.05, 0.1) is 5.69 Å². The monoisotopic (exact) mass is 251 g/mol. The molecular weight excluding hydrogens is 230 g/mol. The van der Waals surface area contributed by atoms with Gasteiger partial charge in [-0.15, -0.1) is 0 Å². The molecule has 0 spiro atoms. The van der Waals surface area contributed by atoms with Gasteiger partial charge in [0.2, 0.25) is 0 Å². The van der Waals surface area contributed by atoms with Crippen LogP contribution in [0.1, 0.15) is 41.9 Å². The minimum Gasteiger partial charge on any atom is -0.396 e. The number of aliphatic hydroxyl groups is 1. The van der Waals surface area contributed by atoms with Crippen LogP contribution in [0.5, 0.6) is 0 Å². The van der Waals surface area contributed by atoms with Crippen LogP contribution in [-0.2, 0) is 7.05 Å². The van der Waals surface area contributed by atoms with Crippen molar-refractivity contribution >= 4 is 5.91 Å². The van der Waals surface area contributed by atoms with Gasteiger partial charge in [0.25, 0.3) is 5.91 Å². The molecule has 2 rings (SSSR count). The number of hydrogen-bond acceptors (Lipinski definition) is 3. The molecule has 1 amide bonds. The molecule has 1 N–H and O–H groups in total. The van der Waals surface area contributed by atoms with Crippen molar-refractivity contribution in [3.05, 3.63) is 17.5 Å². The van der Waals surface area contributed by atoms with Crippen molar-refractivity contribution in [2.45, 2.75) is 38.6 Å². The lowest BCUT2D eigenvalue weighted by Gasteiger charge is -2.37. The lowest BCUT2D eigenvalue weighted by molar-refractivity contribution is 0.0551. The predicted octanol–water partition coefficient (Wildman–Crippen LogP) is 1.11. The van der Waals surface area contributed by atoms with E-state index >= 15 is 0 Å². The Morgan fingerprint density at radius 3 is 2.78 bits per heavy atom. The Hall–Kier alpha value is -1.36. The van der Waals surface area contributed by atoms with Crippen molar-refractivity contribution < 1.29 is 9.90 Å². The van der Waals surface area contributed by atoms with Crippen LogP contribution in [0.4, 0.5) is 0 Å². The Bertz CT molecular complexity index is 424. The topological polar surface area (TPSA) is 58.4 Å². The van der Waals surface area contributed by atoms with E-state index in [0.29, 0.717) is 24.7 Å². The van der Waals surface area contributed by atoms with Crippen molar-refractivity contribution in [1.82, 2.24) is 14.7 Å². The van der Waals surface area contributed by atoms with E-state index in [9.17, 15) is 4.79 Å². The summed E-state index contributed by atoms with van der Waals surface area (Å²) in [5, 5.41) is 13.2. The van der Waals surface area contributed by atoms with E-state index < -0.39 is 0 Å². The first-order chi connectivity index (χ1) is 8.63. The maximum atomic E-state index is 12.5. The average Bonchev–Trinajstić information content (AvgIpc) is 2.60. The molecule has 1 heterocycles. The molecule has 0 saturated heterocycles. The van der Waals surface area contributed by atoms with Crippen LogP contribution in [0.2, 0.25) is 0 Å². The number of carbonyl (C=O) groups is 1. The Labute approximate surface area is 107 Å². The maximum Gasteiger partial charge on any atom is 0.272 e. The highest BCUT2D eigenvalue weighted by Crippen LogP contribution is 2.26. The maximum absolute atomic E-state index is 12.5. The predicted molar refractivity (Wildman–Crippen MR) is 68.3 cm³/mol. The second-order valence-corrected chi connectivity index (χ2v) is 4.96. The minimum absolute atomic E-state index is 0.0382. The molecule has 18 heavy (non-hydrogen) atoms. The summed E-state index contributed by atoms with van der Waals surface area (Å²) in [6.07, 6.45) is 3.99. The van der Waals surface area contributed by atoms with Gasteiger partial charge in [0, 0.05) is 26.2 Å². The van der Waals surface area contributed by atoms with E-state index in [1.807, 2.05) is 17.9 Å². The third kappa shape index (κ3) is 2.56. The number of hydrogen-bond donors (Lipinski definition) is 1. The molecule has 0 bridgehead atoms. The number of aryl methyl sites for hydroxylation is 2. The van der Waals surface area contributed by atoms with Crippen molar-refractivity contribution in [1.29, 1.82) is 0 Å². The summed E-state index contributed by atoms with van der Waals surface area (Å²) in [6.45, 7) is 2.64.